The van der Waals surface area contributed by atoms with Crippen molar-refractivity contribution in [3.8, 4) is 0 Å². The summed E-state index contributed by atoms with van der Waals surface area (Å²) in [5.74, 6) is 0.159. The van der Waals surface area contributed by atoms with Crippen LogP contribution in [0.5, 0.6) is 0 Å². The molecule has 0 aromatic heterocycles. The Morgan fingerprint density at radius 2 is 2.08 bits per heavy atom. The van der Waals surface area contributed by atoms with Gasteiger partial charge in [-0.2, -0.15) is 0 Å². The van der Waals surface area contributed by atoms with E-state index in [4.69, 9.17) is 5.73 Å². The van der Waals surface area contributed by atoms with E-state index in [0.717, 1.165) is 25.7 Å². The molecule has 3 heteroatoms. The van der Waals surface area contributed by atoms with Gasteiger partial charge in [0.2, 0.25) is 5.91 Å². The summed E-state index contributed by atoms with van der Waals surface area (Å²) in [6.45, 7) is 0. The number of nitrogens with one attached hydrogen (secondary N) is 1. The van der Waals surface area contributed by atoms with Crippen molar-refractivity contribution < 1.29 is 4.79 Å². The lowest BCUT2D eigenvalue weighted by Crippen LogP contribution is -2.51. The highest BCUT2D eigenvalue weighted by Crippen LogP contribution is 2.32. The van der Waals surface area contributed by atoms with Gasteiger partial charge in [-0.25, -0.2) is 0 Å². The van der Waals surface area contributed by atoms with Gasteiger partial charge < -0.3 is 11.1 Å². The molecule has 0 spiro atoms. The zero-order valence-electron chi connectivity index (χ0n) is 8.01. The van der Waals surface area contributed by atoms with Gasteiger partial charge in [-0.15, -0.1) is 0 Å². The molecule has 2 saturated carbocycles. The van der Waals surface area contributed by atoms with Crippen LogP contribution in [0.2, 0.25) is 0 Å². The lowest BCUT2D eigenvalue weighted by molar-refractivity contribution is -0.124. The Morgan fingerprint density at radius 1 is 1.38 bits per heavy atom. The third kappa shape index (κ3) is 2.02. The van der Waals surface area contributed by atoms with E-state index in [-0.39, 0.29) is 11.4 Å². The van der Waals surface area contributed by atoms with Gasteiger partial charge in [-0.3, -0.25) is 4.79 Å². The van der Waals surface area contributed by atoms with Crippen LogP contribution in [0, 0.1) is 0 Å². The number of rotatable bonds is 3. The maximum Gasteiger partial charge on any atom is 0.222 e. The Morgan fingerprint density at radius 3 is 2.46 bits per heavy atom. The third-order valence-electron chi connectivity index (χ3n) is 3.33. The molecule has 1 amide bonds. The first kappa shape index (κ1) is 9.00. The first-order valence-electron chi connectivity index (χ1n) is 5.26. The molecule has 0 aromatic rings. The highest BCUT2D eigenvalue weighted by atomic mass is 16.1. The summed E-state index contributed by atoms with van der Waals surface area (Å²) < 4.78 is 0. The Kier molecular flexibility index (Phi) is 2.28. The summed E-state index contributed by atoms with van der Waals surface area (Å²) >= 11 is 0. The molecule has 0 radical (unpaired) electrons. The summed E-state index contributed by atoms with van der Waals surface area (Å²) in [4.78, 5) is 11.5. The van der Waals surface area contributed by atoms with E-state index in [0.29, 0.717) is 12.5 Å². The van der Waals surface area contributed by atoms with Crippen LogP contribution in [0.25, 0.3) is 0 Å². The Balaban J connectivity index is 1.71. The summed E-state index contributed by atoms with van der Waals surface area (Å²) in [7, 11) is 0. The lowest BCUT2D eigenvalue weighted by atomic mass is 9.75. The van der Waals surface area contributed by atoms with Crippen LogP contribution < -0.4 is 11.1 Å². The van der Waals surface area contributed by atoms with Gasteiger partial charge in [0.15, 0.2) is 0 Å². The van der Waals surface area contributed by atoms with Crippen LogP contribution in [0.4, 0.5) is 0 Å². The molecule has 3 N–H and O–H groups in total. The number of nitrogens with two attached hydrogens (primary N) is 1. The third-order valence-corrected chi connectivity index (χ3v) is 3.33. The molecule has 0 saturated heterocycles. The molecule has 3 nitrogen and oxygen atoms in total. The topological polar surface area (TPSA) is 55.1 Å². The van der Waals surface area contributed by atoms with E-state index in [1.807, 2.05) is 0 Å². The summed E-state index contributed by atoms with van der Waals surface area (Å²) in [5.41, 5.74) is 5.82. The van der Waals surface area contributed by atoms with Crippen molar-refractivity contribution >= 4 is 5.91 Å². The molecule has 2 aliphatic rings. The molecule has 2 fully saturated rings. The van der Waals surface area contributed by atoms with Crippen molar-refractivity contribution in [1.82, 2.24) is 5.32 Å². The standard InChI is InChI=1S/C10H18N2O/c11-10(5-2-6-10)7-9(13)12-8-3-1-4-8/h8H,1-7,11H2,(H,12,13). The molecular weight excluding hydrogens is 164 g/mol. The second-order valence-electron chi connectivity index (χ2n) is 4.59. The zero-order valence-corrected chi connectivity index (χ0v) is 8.01. The maximum absolute atomic E-state index is 11.5. The van der Waals surface area contributed by atoms with E-state index >= 15 is 0 Å². The molecule has 0 aliphatic heterocycles. The SMILES string of the molecule is NC1(CC(=O)NC2CCC2)CCC1. The molecule has 0 heterocycles. The number of amides is 1. The number of carbonyl (C=O) groups excluding carboxylic acids is 1. The molecule has 2 aliphatic carbocycles. The molecule has 0 atom stereocenters. The van der Waals surface area contributed by atoms with E-state index in [1.54, 1.807) is 0 Å². The Bertz CT molecular complexity index is 207. The van der Waals surface area contributed by atoms with Crippen LogP contribution in [0.15, 0.2) is 0 Å². The molecule has 13 heavy (non-hydrogen) atoms. The average Bonchev–Trinajstić information content (AvgIpc) is 1.94. The van der Waals surface area contributed by atoms with Gasteiger partial charge in [-0.05, 0) is 38.5 Å². The molecule has 0 aromatic carbocycles. The normalized spacial score (nSPS) is 25.9. The van der Waals surface area contributed by atoms with Crippen LogP contribution in [-0.2, 0) is 4.79 Å². The molecule has 0 unspecified atom stereocenters. The Hall–Kier alpha value is -0.570. The fourth-order valence-electron chi connectivity index (χ4n) is 1.96. The van der Waals surface area contributed by atoms with Crippen molar-refractivity contribution in [3.63, 3.8) is 0 Å². The summed E-state index contributed by atoms with van der Waals surface area (Å²) in [5, 5.41) is 3.02. The van der Waals surface area contributed by atoms with Crippen LogP contribution >= 0.6 is 0 Å². The number of hydrogen-bond acceptors (Lipinski definition) is 2. The van der Waals surface area contributed by atoms with Gasteiger partial charge in [0.1, 0.15) is 0 Å². The van der Waals surface area contributed by atoms with Crippen molar-refractivity contribution in [3.05, 3.63) is 0 Å². The monoisotopic (exact) mass is 182 g/mol. The quantitative estimate of drug-likeness (QED) is 0.682. The largest absolute Gasteiger partial charge is 0.353 e. The van der Waals surface area contributed by atoms with Crippen molar-refractivity contribution in [1.29, 1.82) is 0 Å². The van der Waals surface area contributed by atoms with E-state index in [9.17, 15) is 4.79 Å². The molecule has 74 valence electrons. The highest BCUT2D eigenvalue weighted by Gasteiger charge is 2.35. The summed E-state index contributed by atoms with van der Waals surface area (Å²) in [6, 6.07) is 0.455. The lowest BCUT2D eigenvalue weighted by Gasteiger charge is -2.38. The smallest absolute Gasteiger partial charge is 0.222 e. The zero-order chi connectivity index (χ0) is 9.31. The van der Waals surface area contributed by atoms with Gasteiger partial charge >= 0.3 is 0 Å². The van der Waals surface area contributed by atoms with Crippen LogP contribution in [0.3, 0.4) is 0 Å². The highest BCUT2D eigenvalue weighted by molar-refractivity contribution is 5.77. The minimum Gasteiger partial charge on any atom is -0.353 e. The molecule has 2 rings (SSSR count). The molecule has 0 bridgehead atoms. The predicted octanol–water partition coefficient (Wildman–Crippen LogP) is 0.927. The Labute approximate surface area is 79.1 Å². The minimum absolute atomic E-state index is 0.159. The number of hydrogen-bond donors (Lipinski definition) is 2. The van der Waals surface area contributed by atoms with Gasteiger partial charge in [-0.1, -0.05) is 0 Å². The molecular formula is C10H18N2O. The maximum atomic E-state index is 11.5. The number of carbonyl (C=O) groups is 1. The van der Waals surface area contributed by atoms with Crippen molar-refractivity contribution in [2.45, 2.75) is 56.5 Å². The average molecular weight is 182 g/mol. The van der Waals surface area contributed by atoms with Gasteiger partial charge in [0, 0.05) is 18.0 Å². The fourth-order valence-corrected chi connectivity index (χ4v) is 1.96. The predicted molar refractivity (Wildman–Crippen MR) is 51.2 cm³/mol. The van der Waals surface area contributed by atoms with Gasteiger partial charge in [0.05, 0.1) is 0 Å². The first-order chi connectivity index (χ1) is 6.18. The summed E-state index contributed by atoms with van der Waals surface area (Å²) in [6.07, 6.45) is 7.33. The minimum atomic E-state index is -0.159. The van der Waals surface area contributed by atoms with Crippen LogP contribution in [-0.4, -0.2) is 17.5 Å². The van der Waals surface area contributed by atoms with Crippen molar-refractivity contribution in [2.24, 2.45) is 5.73 Å². The second kappa shape index (κ2) is 3.29. The second-order valence-corrected chi connectivity index (χ2v) is 4.59. The fraction of sp³-hybridized carbons (Fsp3) is 0.900. The van der Waals surface area contributed by atoms with E-state index in [1.165, 1.54) is 12.8 Å². The van der Waals surface area contributed by atoms with Crippen molar-refractivity contribution in [2.75, 3.05) is 0 Å². The van der Waals surface area contributed by atoms with E-state index in [2.05, 4.69) is 5.32 Å². The first-order valence-corrected chi connectivity index (χ1v) is 5.26. The van der Waals surface area contributed by atoms with E-state index < -0.39 is 0 Å². The van der Waals surface area contributed by atoms with Gasteiger partial charge in [0.25, 0.3) is 0 Å². The van der Waals surface area contributed by atoms with Crippen LogP contribution in [0.1, 0.15) is 44.9 Å².